The van der Waals surface area contributed by atoms with Gasteiger partial charge in [0.05, 0.1) is 11.5 Å². The molecule has 1 atom stereocenters. The molecule has 2 heterocycles. The fraction of sp³-hybridized carbons (Fsp3) is 0.200. The minimum Gasteiger partial charge on any atom is -0.440 e. The summed E-state index contributed by atoms with van der Waals surface area (Å²) in [6, 6.07) is 18.6. The Labute approximate surface area is 185 Å². The Bertz CT molecular complexity index is 1200. The van der Waals surface area contributed by atoms with Crippen molar-refractivity contribution in [3.05, 3.63) is 93.0 Å². The molecule has 4 rings (SSSR count). The summed E-state index contributed by atoms with van der Waals surface area (Å²) >= 11 is 1.55. The molecule has 1 aromatic heterocycles. The highest BCUT2D eigenvalue weighted by Crippen LogP contribution is 2.44. The first-order valence-corrected chi connectivity index (χ1v) is 10.7. The lowest BCUT2D eigenvalue weighted by atomic mass is 9.87. The maximum atomic E-state index is 12.6. The van der Waals surface area contributed by atoms with Gasteiger partial charge < -0.3 is 15.2 Å². The lowest BCUT2D eigenvalue weighted by Gasteiger charge is -2.25. The zero-order chi connectivity index (χ0) is 22.2. The lowest BCUT2D eigenvalue weighted by molar-refractivity contribution is 0.0734. The number of carbonyl (C=O) groups is 1. The Hall–Kier alpha value is -3.56. The molecule has 0 fully saturated rings. The minimum atomic E-state index is -0.452. The summed E-state index contributed by atoms with van der Waals surface area (Å²) in [6.45, 7) is 6.36. The van der Waals surface area contributed by atoms with Gasteiger partial charge in [0.2, 0.25) is 5.88 Å². The van der Waals surface area contributed by atoms with Crippen molar-refractivity contribution in [2.45, 2.75) is 32.1 Å². The predicted molar refractivity (Wildman–Crippen MR) is 120 cm³/mol. The van der Waals surface area contributed by atoms with E-state index in [1.165, 1.54) is 0 Å². The van der Waals surface area contributed by atoms with Crippen LogP contribution in [0.1, 0.15) is 53.1 Å². The van der Waals surface area contributed by atoms with Crippen molar-refractivity contribution in [3.8, 4) is 17.6 Å². The quantitative estimate of drug-likeness (QED) is 0.439. The summed E-state index contributed by atoms with van der Waals surface area (Å²) < 4.78 is 11.3. The summed E-state index contributed by atoms with van der Waals surface area (Å²) in [5.41, 5.74) is 8.82. The molecule has 5 nitrogen and oxygen atoms in total. The van der Waals surface area contributed by atoms with Gasteiger partial charge in [-0.25, -0.2) is 4.79 Å². The van der Waals surface area contributed by atoms with Crippen LogP contribution < -0.4 is 15.2 Å². The number of benzene rings is 2. The number of ether oxygens (including phenoxy) is 2. The summed E-state index contributed by atoms with van der Waals surface area (Å²) in [5, 5.41) is 11.5. The molecule has 2 aromatic carbocycles. The fourth-order valence-corrected chi connectivity index (χ4v) is 4.37. The standard InChI is InChI=1S/C25H22N2O3S/c1-25(2,3)16-8-6-15(7-9-16)24(28)29-17-10-11-18-20(13-17)30-23(27)19(14-26)22(18)21-5-4-12-31-21/h4-13,22H,27H2,1-3H3. The zero-order valence-corrected chi connectivity index (χ0v) is 18.3. The van der Waals surface area contributed by atoms with Crippen molar-refractivity contribution in [1.29, 1.82) is 5.26 Å². The molecule has 3 aromatic rings. The summed E-state index contributed by atoms with van der Waals surface area (Å²) in [7, 11) is 0. The molecule has 0 saturated heterocycles. The van der Waals surface area contributed by atoms with E-state index in [0.717, 1.165) is 16.0 Å². The SMILES string of the molecule is CC(C)(C)c1ccc(C(=O)Oc2ccc3c(c2)OC(N)=C(C#N)C3c2cccs2)cc1. The fourth-order valence-electron chi connectivity index (χ4n) is 3.52. The van der Waals surface area contributed by atoms with Gasteiger partial charge in [-0.3, -0.25) is 0 Å². The molecular formula is C25H22N2O3S. The number of hydrogen-bond acceptors (Lipinski definition) is 6. The normalized spacial score (nSPS) is 15.6. The van der Waals surface area contributed by atoms with E-state index >= 15 is 0 Å². The Morgan fingerprint density at radius 1 is 1.16 bits per heavy atom. The largest absolute Gasteiger partial charge is 0.440 e. The van der Waals surface area contributed by atoms with Crippen molar-refractivity contribution in [2.24, 2.45) is 5.73 Å². The zero-order valence-electron chi connectivity index (χ0n) is 17.5. The first-order chi connectivity index (χ1) is 14.8. The van der Waals surface area contributed by atoms with Crippen molar-refractivity contribution in [1.82, 2.24) is 0 Å². The molecule has 0 aliphatic carbocycles. The number of esters is 1. The summed E-state index contributed by atoms with van der Waals surface area (Å²) in [4.78, 5) is 13.6. The number of rotatable bonds is 3. The summed E-state index contributed by atoms with van der Waals surface area (Å²) in [6.07, 6.45) is 0. The van der Waals surface area contributed by atoms with Gasteiger partial charge in [0.1, 0.15) is 23.1 Å². The van der Waals surface area contributed by atoms with E-state index in [-0.39, 0.29) is 17.2 Å². The van der Waals surface area contributed by atoms with Crippen LogP contribution in [0.4, 0.5) is 0 Å². The Balaban J connectivity index is 1.60. The van der Waals surface area contributed by atoms with Gasteiger partial charge in [-0.1, -0.05) is 45.0 Å². The average Bonchev–Trinajstić information content (AvgIpc) is 3.26. The highest BCUT2D eigenvalue weighted by Gasteiger charge is 2.31. The molecule has 1 unspecified atom stereocenters. The van der Waals surface area contributed by atoms with Crippen LogP contribution in [-0.2, 0) is 5.41 Å². The molecule has 1 aliphatic heterocycles. The van der Waals surface area contributed by atoms with Crippen molar-refractivity contribution < 1.29 is 14.3 Å². The second kappa shape index (κ2) is 7.93. The molecule has 2 N–H and O–H groups in total. The van der Waals surface area contributed by atoms with Crippen molar-refractivity contribution in [2.75, 3.05) is 0 Å². The first-order valence-electron chi connectivity index (χ1n) is 9.85. The van der Waals surface area contributed by atoms with Crippen LogP contribution in [-0.4, -0.2) is 5.97 Å². The van der Waals surface area contributed by atoms with Gasteiger partial charge in [-0.15, -0.1) is 11.3 Å². The molecule has 156 valence electrons. The Morgan fingerprint density at radius 3 is 2.52 bits per heavy atom. The summed E-state index contributed by atoms with van der Waals surface area (Å²) in [5.74, 6) is 0.135. The number of thiophene rings is 1. The van der Waals surface area contributed by atoms with E-state index in [1.54, 1.807) is 35.6 Å². The third kappa shape index (κ3) is 4.05. The van der Waals surface area contributed by atoms with Gasteiger partial charge in [0.25, 0.3) is 0 Å². The number of hydrogen-bond donors (Lipinski definition) is 1. The minimum absolute atomic E-state index is 0.00704. The molecular weight excluding hydrogens is 408 g/mol. The van der Waals surface area contributed by atoms with Gasteiger partial charge in [0, 0.05) is 16.5 Å². The monoisotopic (exact) mass is 430 g/mol. The number of fused-ring (bicyclic) bond motifs is 1. The van der Waals surface area contributed by atoms with Gasteiger partial charge in [0.15, 0.2) is 0 Å². The first kappa shape index (κ1) is 20.7. The van der Waals surface area contributed by atoms with E-state index in [0.29, 0.717) is 22.6 Å². The van der Waals surface area contributed by atoms with Gasteiger partial charge in [-0.2, -0.15) is 5.26 Å². The van der Waals surface area contributed by atoms with Crippen LogP contribution >= 0.6 is 11.3 Å². The molecule has 0 saturated carbocycles. The highest BCUT2D eigenvalue weighted by molar-refractivity contribution is 7.10. The Morgan fingerprint density at radius 2 is 1.90 bits per heavy atom. The van der Waals surface area contributed by atoms with E-state index in [9.17, 15) is 10.1 Å². The second-order valence-electron chi connectivity index (χ2n) is 8.36. The number of allylic oxidation sites excluding steroid dienone is 1. The van der Waals surface area contributed by atoms with Gasteiger partial charge in [-0.05, 0) is 40.6 Å². The van der Waals surface area contributed by atoms with E-state index in [1.807, 2.05) is 35.7 Å². The third-order valence-electron chi connectivity index (χ3n) is 5.22. The van der Waals surface area contributed by atoms with E-state index in [2.05, 4.69) is 26.8 Å². The van der Waals surface area contributed by atoms with Crippen LogP contribution in [0, 0.1) is 11.3 Å². The van der Waals surface area contributed by atoms with Crippen LogP contribution in [0.5, 0.6) is 11.5 Å². The molecule has 0 amide bonds. The number of nitrogens with two attached hydrogens (primary N) is 1. The van der Waals surface area contributed by atoms with Crippen LogP contribution in [0.25, 0.3) is 0 Å². The topological polar surface area (TPSA) is 85.3 Å². The number of nitrogens with zero attached hydrogens (tertiary/aromatic N) is 1. The second-order valence-corrected chi connectivity index (χ2v) is 9.34. The van der Waals surface area contributed by atoms with Crippen molar-refractivity contribution >= 4 is 17.3 Å². The molecule has 6 heteroatoms. The predicted octanol–water partition coefficient (Wildman–Crippen LogP) is 5.48. The molecule has 31 heavy (non-hydrogen) atoms. The van der Waals surface area contributed by atoms with E-state index < -0.39 is 5.97 Å². The molecule has 1 aliphatic rings. The molecule has 0 spiro atoms. The van der Waals surface area contributed by atoms with Crippen LogP contribution in [0.2, 0.25) is 0 Å². The number of nitriles is 1. The Kier molecular flexibility index (Phi) is 5.30. The smallest absolute Gasteiger partial charge is 0.343 e. The van der Waals surface area contributed by atoms with Gasteiger partial charge >= 0.3 is 5.97 Å². The maximum absolute atomic E-state index is 12.6. The van der Waals surface area contributed by atoms with Crippen LogP contribution in [0.3, 0.4) is 0 Å². The molecule has 0 bridgehead atoms. The lowest BCUT2D eigenvalue weighted by Crippen LogP contribution is -2.20. The van der Waals surface area contributed by atoms with E-state index in [4.69, 9.17) is 15.2 Å². The average molecular weight is 431 g/mol. The van der Waals surface area contributed by atoms with Crippen molar-refractivity contribution in [3.63, 3.8) is 0 Å². The van der Waals surface area contributed by atoms with Crippen LogP contribution in [0.15, 0.2) is 71.4 Å². The molecule has 0 radical (unpaired) electrons. The highest BCUT2D eigenvalue weighted by atomic mass is 32.1. The third-order valence-corrected chi connectivity index (χ3v) is 6.15. The maximum Gasteiger partial charge on any atom is 0.343 e. The number of carbonyl (C=O) groups excluding carboxylic acids is 1.